The summed E-state index contributed by atoms with van der Waals surface area (Å²) in [4.78, 5) is 15.9. The van der Waals surface area contributed by atoms with Crippen LogP contribution in [0, 0.1) is 5.82 Å². The van der Waals surface area contributed by atoms with Crippen LogP contribution in [0.4, 0.5) is 10.2 Å². The van der Waals surface area contributed by atoms with E-state index in [0.717, 1.165) is 19.3 Å². The van der Waals surface area contributed by atoms with Crippen molar-refractivity contribution in [3.63, 3.8) is 0 Å². The van der Waals surface area contributed by atoms with Gasteiger partial charge in [-0.25, -0.2) is 9.37 Å². The van der Waals surface area contributed by atoms with Crippen LogP contribution in [0.1, 0.15) is 50.4 Å². The number of pyridine rings is 1. The molecule has 1 aromatic rings. The fourth-order valence-corrected chi connectivity index (χ4v) is 1.90. The van der Waals surface area contributed by atoms with Gasteiger partial charge in [-0.3, -0.25) is 4.79 Å². The van der Waals surface area contributed by atoms with Crippen molar-refractivity contribution in [1.29, 1.82) is 0 Å². The Labute approximate surface area is 113 Å². The Hall–Kier alpha value is -1.65. The maximum Gasteiger partial charge on any atom is 0.254 e. The second kappa shape index (κ2) is 7.71. The molecule has 2 N–H and O–H groups in total. The molecule has 1 aromatic heterocycles. The first kappa shape index (κ1) is 15.4. The topological polar surface area (TPSA) is 54.0 Å². The molecule has 1 unspecified atom stereocenters. The van der Waals surface area contributed by atoms with E-state index in [4.69, 9.17) is 0 Å². The highest BCUT2D eigenvalue weighted by atomic mass is 19.1. The van der Waals surface area contributed by atoms with Crippen molar-refractivity contribution in [2.75, 3.05) is 11.9 Å². The van der Waals surface area contributed by atoms with Crippen molar-refractivity contribution in [3.8, 4) is 0 Å². The van der Waals surface area contributed by atoms with Gasteiger partial charge in [0.25, 0.3) is 5.91 Å². The Balaban J connectivity index is 2.84. The van der Waals surface area contributed by atoms with Gasteiger partial charge in [0.05, 0.1) is 5.56 Å². The minimum atomic E-state index is -0.590. The molecule has 0 aromatic carbocycles. The van der Waals surface area contributed by atoms with Gasteiger partial charge < -0.3 is 10.6 Å². The number of aromatic nitrogens is 1. The molecule has 1 heterocycles. The summed E-state index contributed by atoms with van der Waals surface area (Å²) in [6.07, 6.45) is 4.17. The normalized spacial score (nSPS) is 12.0. The monoisotopic (exact) mass is 267 g/mol. The van der Waals surface area contributed by atoms with Crippen LogP contribution in [0.5, 0.6) is 0 Å². The van der Waals surface area contributed by atoms with Gasteiger partial charge in [-0.05, 0) is 25.8 Å². The highest BCUT2D eigenvalue weighted by Crippen LogP contribution is 2.15. The number of anilines is 1. The third-order valence-corrected chi connectivity index (χ3v) is 2.94. The van der Waals surface area contributed by atoms with Gasteiger partial charge in [-0.2, -0.15) is 0 Å². The van der Waals surface area contributed by atoms with E-state index in [1.807, 2.05) is 13.8 Å². The average molecular weight is 267 g/mol. The lowest BCUT2D eigenvalue weighted by Gasteiger charge is -2.16. The molecule has 4 nitrogen and oxygen atoms in total. The third-order valence-electron chi connectivity index (χ3n) is 2.94. The predicted molar refractivity (Wildman–Crippen MR) is 74.8 cm³/mol. The lowest BCUT2D eigenvalue weighted by molar-refractivity contribution is 0.0929. The first-order valence-electron chi connectivity index (χ1n) is 6.83. The van der Waals surface area contributed by atoms with Crippen molar-refractivity contribution >= 4 is 11.7 Å². The molecule has 0 saturated carbocycles. The van der Waals surface area contributed by atoms with E-state index in [9.17, 15) is 9.18 Å². The summed E-state index contributed by atoms with van der Waals surface area (Å²) in [7, 11) is 0. The van der Waals surface area contributed by atoms with Gasteiger partial charge in [0.1, 0.15) is 0 Å². The number of halogens is 1. The van der Waals surface area contributed by atoms with E-state index in [-0.39, 0.29) is 23.3 Å². The van der Waals surface area contributed by atoms with Gasteiger partial charge in [-0.1, -0.05) is 20.3 Å². The molecule has 0 saturated heterocycles. The summed E-state index contributed by atoms with van der Waals surface area (Å²) in [5.74, 6) is -0.841. The summed E-state index contributed by atoms with van der Waals surface area (Å²) in [6.45, 7) is 6.48. The Kier molecular flexibility index (Phi) is 6.25. The summed E-state index contributed by atoms with van der Waals surface area (Å²) in [5.41, 5.74) is 0.0421. The van der Waals surface area contributed by atoms with Crippen LogP contribution in [0.15, 0.2) is 12.3 Å². The number of hydrogen-bond donors (Lipinski definition) is 2. The van der Waals surface area contributed by atoms with Crippen molar-refractivity contribution in [1.82, 2.24) is 10.3 Å². The number of amides is 1. The number of hydrogen-bond acceptors (Lipinski definition) is 3. The second-order valence-electron chi connectivity index (χ2n) is 4.42. The zero-order valence-electron chi connectivity index (χ0n) is 11.8. The van der Waals surface area contributed by atoms with E-state index < -0.39 is 5.82 Å². The van der Waals surface area contributed by atoms with E-state index in [0.29, 0.717) is 6.54 Å². The maximum absolute atomic E-state index is 14.1. The van der Waals surface area contributed by atoms with Gasteiger partial charge in [0.15, 0.2) is 11.6 Å². The molecule has 1 amide bonds. The Bertz CT molecular complexity index is 423. The molecule has 0 aliphatic carbocycles. The molecule has 5 heteroatoms. The molecule has 0 aliphatic rings. The third kappa shape index (κ3) is 4.19. The molecular weight excluding hydrogens is 245 g/mol. The Morgan fingerprint density at radius 2 is 2.16 bits per heavy atom. The minimum absolute atomic E-state index is 0.0421. The second-order valence-corrected chi connectivity index (χ2v) is 4.42. The average Bonchev–Trinajstić information content (AvgIpc) is 2.40. The van der Waals surface area contributed by atoms with Gasteiger partial charge >= 0.3 is 0 Å². The quantitative estimate of drug-likeness (QED) is 0.798. The molecule has 0 spiro atoms. The van der Waals surface area contributed by atoms with Crippen molar-refractivity contribution in [2.24, 2.45) is 0 Å². The number of nitrogens with one attached hydrogen (secondary N) is 2. The maximum atomic E-state index is 14.1. The van der Waals surface area contributed by atoms with Crippen LogP contribution in [0.25, 0.3) is 0 Å². The van der Waals surface area contributed by atoms with Crippen LogP contribution in [0.2, 0.25) is 0 Å². The highest BCUT2D eigenvalue weighted by molar-refractivity contribution is 5.95. The van der Waals surface area contributed by atoms with Crippen LogP contribution in [-0.2, 0) is 0 Å². The van der Waals surface area contributed by atoms with E-state index in [1.54, 1.807) is 0 Å². The van der Waals surface area contributed by atoms with E-state index >= 15 is 0 Å². The smallest absolute Gasteiger partial charge is 0.254 e. The summed E-state index contributed by atoms with van der Waals surface area (Å²) >= 11 is 0. The number of carbonyl (C=O) groups is 1. The van der Waals surface area contributed by atoms with E-state index in [2.05, 4.69) is 22.5 Å². The first-order valence-corrected chi connectivity index (χ1v) is 6.83. The predicted octanol–water partition coefficient (Wildman–Crippen LogP) is 2.96. The summed E-state index contributed by atoms with van der Waals surface area (Å²) in [5, 5.41) is 5.66. The Morgan fingerprint density at radius 3 is 2.74 bits per heavy atom. The first-order chi connectivity index (χ1) is 9.13. The standard InChI is InChI=1S/C14H22FN3O/c1-4-7-10(5-2)18-14(19)11-8-9-17-13(12(11)15)16-6-3/h8-10H,4-7H2,1-3H3,(H,16,17)(H,18,19). The number of nitrogens with zero attached hydrogens (tertiary/aromatic N) is 1. The molecule has 0 fully saturated rings. The lowest BCUT2D eigenvalue weighted by atomic mass is 10.1. The van der Waals surface area contributed by atoms with Crippen LogP contribution < -0.4 is 10.6 Å². The molecule has 0 aliphatic heterocycles. The van der Waals surface area contributed by atoms with Gasteiger partial charge in [0.2, 0.25) is 0 Å². The van der Waals surface area contributed by atoms with Gasteiger partial charge in [0, 0.05) is 18.8 Å². The molecule has 1 rings (SSSR count). The molecule has 19 heavy (non-hydrogen) atoms. The Morgan fingerprint density at radius 1 is 1.42 bits per heavy atom. The number of carbonyl (C=O) groups excluding carboxylic acids is 1. The lowest BCUT2D eigenvalue weighted by Crippen LogP contribution is -2.34. The zero-order chi connectivity index (χ0) is 14.3. The SMILES string of the molecule is CCCC(CC)NC(=O)c1ccnc(NCC)c1F. The van der Waals surface area contributed by atoms with Crippen molar-refractivity contribution < 1.29 is 9.18 Å². The molecule has 1 atom stereocenters. The van der Waals surface area contributed by atoms with Crippen LogP contribution in [-0.4, -0.2) is 23.5 Å². The van der Waals surface area contributed by atoms with Crippen molar-refractivity contribution in [3.05, 3.63) is 23.6 Å². The summed E-state index contributed by atoms with van der Waals surface area (Å²) in [6, 6.07) is 1.50. The van der Waals surface area contributed by atoms with E-state index in [1.165, 1.54) is 12.3 Å². The zero-order valence-corrected chi connectivity index (χ0v) is 11.8. The molecule has 0 bridgehead atoms. The molecular formula is C14H22FN3O. The van der Waals surface area contributed by atoms with Crippen LogP contribution >= 0.6 is 0 Å². The minimum Gasteiger partial charge on any atom is -0.368 e. The largest absolute Gasteiger partial charge is 0.368 e. The fourth-order valence-electron chi connectivity index (χ4n) is 1.90. The summed E-state index contributed by atoms with van der Waals surface area (Å²) < 4.78 is 14.1. The van der Waals surface area contributed by atoms with Crippen LogP contribution in [0.3, 0.4) is 0 Å². The molecule has 106 valence electrons. The highest BCUT2D eigenvalue weighted by Gasteiger charge is 2.18. The number of rotatable bonds is 7. The van der Waals surface area contributed by atoms with Crippen molar-refractivity contribution in [2.45, 2.75) is 46.1 Å². The van der Waals surface area contributed by atoms with Gasteiger partial charge in [-0.15, -0.1) is 0 Å². The molecule has 0 radical (unpaired) electrons. The fraction of sp³-hybridized carbons (Fsp3) is 0.571.